The maximum atomic E-state index is 3.54. The summed E-state index contributed by atoms with van der Waals surface area (Å²) in [7, 11) is 2.24. The third-order valence-electron chi connectivity index (χ3n) is 3.86. The number of benzene rings is 1. The molecule has 0 aromatic heterocycles. The highest BCUT2D eigenvalue weighted by Gasteiger charge is 2.23. The molecule has 1 aromatic rings. The predicted molar refractivity (Wildman–Crippen MR) is 79.0 cm³/mol. The van der Waals surface area contributed by atoms with Gasteiger partial charge in [-0.05, 0) is 43.4 Å². The number of anilines is 1. The van der Waals surface area contributed by atoms with Crippen LogP contribution in [0.5, 0.6) is 0 Å². The van der Waals surface area contributed by atoms with E-state index in [0.717, 1.165) is 19.1 Å². The van der Waals surface area contributed by atoms with Crippen molar-refractivity contribution in [2.24, 2.45) is 5.92 Å². The number of nitrogens with zero attached hydrogens (tertiary/aromatic N) is 1. The van der Waals surface area contributed by atoms with Gasteiger partial charge in [-0.3, -0.25) is 0 Å². The van der Waals surface area contributed by atoms with Crippen LogP contribution in [0.1, 0.15) is 38.7 Å². The number of rotatable bonds is 6. The van der Waals surface area contributed by atoms with Gasteiger partial charge in [-0.1, -0.05) is 32.0 Å². The van der Waals surface area contributed by atoms with Crippen LogP contribution in [0, 0.1) is 5.92 Å². The number of hydrogen-bond acceptors (Lipinski definition) is 2. The summed E-state index contributed by atoms with van der Waals surface area (Å²) in [5, 5.41) is 3.54. The monoisotopic (exact) mass is 246 g/mol. The first-order chi connectivity index (χ1) is 8.68. The molecule has 18 heavy (non-hydrogen) atoms. The third-order valence-corrected chi connectivity index (χ3v) is 3.86. The normalized spacial score (nSPS) is 15.8. The minimum absolute atomic E-state index is 0.710. The molecule has 100 valence electrons. The van der Waals surface area contributed by atoms with Crippen molar-refractivity contribution in [3.63, 3.8) is 0 Å². The van der Waals surface area contributed by atoms with E-state index in [4.69, 9.17) is 0 Å². The van der Waals surface area contributed by atoms with Gasteiger partial charge in [0.05, 0.1) is 0 Å². The maximum Gasteiger partial charge on any atom is 0.0411 e. The fourth-order valence-electron chi connectivity index (χ4n) is 2.47. The Bertz CT molecular complexity index is 369. The van der Waals surface area contributed by atoms with Crippen LogP contribution in [0.2, 0.25) is 0 Å². The van der Waals surface area contributed by atoms with Crippen LogP contribution in [0.4, 0.5) is 5.69 Å². The Morgan fingerprint density at radius 2 is 2.00 bits per heavy atom. The van der Waals surface area contributed by atoms with E-state index in [0.29, 0.717) is 5.92 Å². The molecule has 1 aliphatic carbocycles. The number of hydrogen-bond donors (Lipinski definition) is 1. The van der Waals surface area contributed by atoms with Crippen LogP contribution < -0.4 is 10.2 Å². The van der Waals surface area contributed by atoms with E-state index in [1.807, 2.05) is 0 Å². The molecule has 0 radical (unpaired) electrons. The van der Waals surface area contributed by atoms with E-state index in [1.165, 1.54) is 30.5 Å². The summed E-state index contributed by atoms with van der Waals surface area (Å²) in [4.78, 5) is 2.47. The number of nitrogens with one attached hydrogen (secondary N) is 1. The quantitative estimate of drug-likeness (QED) is 0.827. The van der Waals surface area contributed by atoms with E-state index in [1.54, 1.807) is 0 Å². The van der Waals surface area contributed by atoms with Gasteiger partial charge in [0.15, 0.2) is 0 Å². The second-order valence-electron chi connectivity index (χ2n) is 5.85. The summed E-state index contributed by atoms with van der Waals surface area (Å²) in [5.41, 5.74) is 2.83. The second kappa shape index (κ2) is 6.24. The first-order valence-corrected chi connectivity index (χ1v) is 7.20. The molecule has 2 rings (SSSR count). The van der Waals surface area contributed by atoms with Crippen molar-refractivity contribution >= 4 is 5.69 Å². The van der Waals surface area contributed by atoms with Crippen molar-refractivity contribution in [3.05, 3.63) is 29.8 Å². The van der Waals surface area contributed by atoms with Gasteiger partial charge in [0.25, 0.3) is 0 Å². The SMILES string of the molecule is CC(C)CNCc1ccccc1N(C)C1CCC1. The molecule has 0 unspecified atom stereocenters. The predicted octanol–water partition coefficient (Wildman–Crippen LogP) is 3.42. The third kappa shape index (κ3) is 3.26. The van der Waals surface area contributed by atoms with Gasteiger partial charge in [0.1, 0.15) is 0 Å². The molecule has 1 saturated carbocycles. The van der Waals surface area contributed by atoms with Crippen LogP contribution in [-0.2, 0) is 6.54 Å². The van der Waals surface area contributed by atoms with Crippen LogP contribution in [-0.4, -0.2) is 19.6 Å². The Labute approximate surface area is 111 Å². The zero-order valence-corrected chi connectivity index (χ0v) is 11.9. The summed E-state index contributed by atoms with van der Waals surface area (Å²) in [6.07, 6.45) is 4.09. The van der Waals surface area contributed by atoms with Crippen LogP contribution >= 0.6 is 0 Å². The van der Waals surface area contributed by atoms with Gasteiger partial charge in [-0.25, -0.2) is 0 Å². The molecule has 1 N–H and O–H groups in total. The Morgan fingerprint density at radius 3 is 2.61 bits per heavy atom. The molecule has 2 heteroatoms. The average molecular weight is 246 g/mol. The minimum atomic E-state index is 0.710. The second-order valence-corrected chi connectivity index (χ2v) is 5.85. The molecule has 1 fully saturated rings. The van der Waals surface area contributed by atoms with Crippen molar-refractivity contribution in [1.82, 2.24) is 5.32 Å². The highest BCUT2D eigenvalue weighted by atomic mass is 15.1. The van der Waals surface area contributed by atoms with Crippen molar-refractivity contribution in [2.45, 2.75) is 45.7 Å². The largest absolute Gasteiger partial charge is 0.371 e. The van der Waals surface area contributed by atoms with Gasteiger partial charge in [-0.15, -0.1) is 0 Å². The number of para-hydroxylation sites is 1. The van der Waals surface area contributed by atoms with Gasteiger partial charge in [0.2, 0.25) is 0 Å². The van der Waals surface area contributed by atoms with Crippen LogP contribution in [0.25, 0.3) is 0 Å². The summed E-state index contributed by atoms with van der Waals surface area (Å²) < 4.78 is 0. The van der Waals surface area contributed by atoms with Crippen molar-refractivity contribution in [1.29, 1.82) is 0 Å². The molecule has 0 saturated heterocycles. The summed E-state index contributed by atoms with van der Waals surface area (Å²) in [5.74, 6) is 0.710. The van der Waals surface area contributed by atoms with Gasteiger partial charge < -0.3 is 10.2 Å². The fourth-order valence-corrected chi connectivity index (χ4v) is 2.47. The molecule has 0 spiro atoms. The smallest absolute Gasteiger partial charge is 0.0411 e. The zero-order chi connectivity index (χ0) is 13.0. The Morgan fingerprint density at radius 1 is 1.28 bits per heavy atom. The minimum Gasteiger partial charge on any atom is -0.371 e. The van der Waals surface area contributed by atoms with Crippen LogP contribution in [0.3, 0.4) is 0 Å². The Balaban J connectivity index is 2.00. The molecule has 0 aliphatic heterocycles. The lowest BCUT2D eigenvalue weighted by atomic mass is 9.91. The summed E-state index contributed by atoms with van der Waals surface area (Å²) in [6.45, 7) is 6.56. The van der Waals surface area contributed by atoms with Gasteiger partial charge in [-0.2, -0.15) is 0 Å². The van der Waals surface area contributed by atoms with Gasteiger partial charge >= 0.3 is 0 Å². The first kappa shape index (κ1) is 13.4. The molecule has 1 aromatic carbocycles. The van der Waals surface area contributed by atoms with E-state index in [9.17, 15) is 0 Å². The molecule has 0 bridgehead atoms. The lowest BCUT2D eigenvalue weighted by Crippen LogP contribution is -2.37. The van der Waals surface area contributed by atoms with E-state index in [-0.39, 0.29) is 0 Å². The van der Waals surface area contributed by atoms with E-state index >= 15 is 0 Å². The topological polar surface area (TPSA) is 15.3 Å². The van der Waals surface area contributed by atoms with Crippen molar-refractivity contribution < 1.29 is 0 Å². The molecular weight excluding hydrogens is 220 g/mol. The standard InChI is InChI=1S/C16H26N2/c1-13(2)11-17-12-14-7-4-5-10-16(14)18(3)15-8-6-9-15/h4-5,7,10,13,15,17H,6,8-9,11-12H2,1-3H3. The molecule has 1 aliphatic rings. The maximum absolute atomic E-state index is 3.54. The fraction of sp³-hybridized carbons (Fsp3) is 0.625. The van der Waals surface area contributed by atoms with Crippen LogP contribution in [0.15, 0.2) is 24.3 Å². The van der Waals surface area contributed by atoms with E-state index in [2.05, 4.69) is 55.4 Å². The Kier molecular flexibility index (Phi) is 4.65. The molecule has 0 amide bonds. The Hall–Kier alpha value is -1.02. The first-order valence-electron chi connectivity index (χ1n) is 7.20. The lowest BCUT2D eigenvalue weighted by molar-refractivity contribution is 0.400. The lowest BCUT2D eigenvalue weighted by Gasteiger charge is -2.37. The van der Waals surface area contributed by atoms with Gasteiger partial charge in [0, 0.05) is 25.3 Å². The van der Waals surface area contributed by atoms with Crippen molar-refractivity contribution in [3.8, 4) is 0 Å². The zero-order valence-electron chi connectivity index (χ0n) is 11.9. The molecule has 2 nitrogen and oxygen atoms in total. The summed E-state index contributed by atoms with van der Waals surface area (Å²) >= 11 is 0. The average Bonchev–Trinajstić information content (AvgIpc) is 2.26. The molecule has 0 heterocycles. The van der Waals surface area contributed by atoms with E-state index < -0.39 is 0 Å². The highest BCUT2D eigenvalue weighted by Crippen LogP contribution is 2.30. The molecule has 0 atom stereocenters. The van der Waals surface area contributed by atoms with Crippen molar-refractivity contribution in [2.75, 3.05) is 18.5 Å². The molecular formula is C16H26N2. The summed E-state index contributed by atoms with van der Waals surface area (Å²) in [6, 6.07) is 9.56. The highest BCUT2D eigenvalue weighted by molar-refractivity contribution is 5.54.